The molecule has 0 saturated carbocycles. The van der Waals surface area contributed by atoms with Gasteiger partial charge in [-0.1, -0.05) is 0 Å². The number of aliphatic hydroxyl groups excluding tert-OH is 1. The molecule has 0 heterocycles. The molecule has 0 spiro atoms. The Morgan fingerprint density at radius 2 is 2.17 bits per heavy atom. The van der Waals surface area contributed by atoms with Crippen LogP contribution in [0.25, 0.3) is 0 Å². The van der Waals surface area contributed by atoms with Gasteiger partial charge in [-0.05, 0) is 0 Å². The zero-order valence-corrected chi connectivity index (χ0v) is 5.53. The molecule has 0 radical (unpaired) electrons. The Morgan fingerprint density at radius 1 is 2.00 bits per heavy atom. The summed E-state index contributed by atoms with van der Waals surface area (Å²) in [4.78, 5) is 9.43. The van der Waals surface area contributed by atoms with Gasteiger partial charge in [-0.2, -0.15) is 0 Å². The molecule has 1 N–H and O–H groups in total. The monoisotopic (exact) mass is 118 g/mol. The second-order valence-corrected chi connectivity index (χ2v) is 1.05. The van der Waals surface area contributed by atoms with Crippen molar-refractivity contribution in [2.75, 3.05) is 6.61 Å². The molecule has 2 nitrogen and oxygen atoms in total. The van der Waals surface area contributed by atoms with E-state index in [9.17, 15) is 4.79 Å². The van der Waals surface area contributed by atoms with E-state index in [-0.39, 0.29) is 25.9 Å². The van der Waals surface area contributed by atoms with Gasteiger partial charge in [0.05, 0.1) is 0 Å². The second-order valence-electron chi connectivity index (χ2n) is 0.552. The fourth-order valence-corrected chi connectivity index (χ4v) is 0. The third kappa shape index (κ3) is 8.83. The van der Waals surface area contributed by atoms with E-state index in [4.69, 9.17) is 5.11 Å². The first-order valence-electron chi connectivity index (χ1n) is 1.10. The van der Waals surface area contributed by atoms with Crippen molar-refractivity contribution in [3.63, 3.8) is 0 Å². The average molecular weight is 118 g/mol. The van der Waals surface area contributed by atoms with E-state index < -0.39 is 11.7 Å². The molecule has 0 aromatic carbocycles. The zero-order valence-electron chi connectivity index (χ0n) is 5.22. The molecule has 0 aromatic rings. The van der Waals surface area contributed by atoms with E-state index in [0.29, 0.717) is 0 Å². The molecule has 0 fully saturated rings. The minimum absolute atomic E-state index is 0. The largest absolute Gasteiger partial charge is 2.00 e. The van der Waals surface area contributed by atoms with Gasteiger partial charge >= 0.3 is 23.1 Å². The molecule has 0 rings (SSSR count). The number of thiol groups is 1. The number of hydrogen-bond donors (Lipinski definition) is 2. The second kappa shape index (κ2) is 5.75. The fourth-order valence-electron chi connectivity index (χ4n) is 0. The topological polar surface area (TPSA) is 37.3 Å². The van der Waals surface area contributed by atoms with Crippen molar-refractivity contribution in [3.8, 4) is 0 Å². The smallest absolute Gasteiger partial charge is 1.00 e. The van der Waals surface area contributed by atoms with E-state index in [1.807, 2.05) is 0 Å². The summed E-state index contributed by atoms with van der Waals surface area (Å²) < 4.78 is 0. The normalized spacial score (nSPS) is 6.33. The maximum atomic E-state index is 9.43. The molecule has 0 aromatic heterocycles. The van der Waals surface area contributed by atoms with Gasteiger partial charge in [0.25, 0.3) is 0 Å². The van der Waals surface area contributed by atoms with Gasteiger partial charge in [0.2, 0.25) is 5.12 Å². The first-order valence-corrected chi connectivity index (χ1v) is 1.54. The van der Waals surface area contributed by atoms with Gasteiger partial charge in [0.1, 0.15) is 6.61 Å². The van der Waals surface area contributed by atoms with E-state index in [1.165, 1.54) is 0 Å². The molecule has 0 unspecified atom stereocenters. The maximum Gasteiger partial charge on any atom is 2.00 e. The Bertz CT molecular complexity index is 53.3. The third-order valence-electron chi connectivity index (χ3n) is 0.135. The Hall–Kier alpha value is 0.746. The van der Waals surface area contributed by atoms with Crippen LogP contribution in [-0.4, -0.2) is 39.9 Å². The molecule has 0 aliphatic heterocycles. The summed E-state index contributed by atoms with van der Waals surface area (Å²) in [5.74, 6) is 0. The molecular weight excluding hydrogens is 112 g/mol. The summed E-state index contributed by atoms with van der Waals surface area (Å²) in [5.41, 5.74) is 0. The number of aliphatic hydroxyl groups is 1. The maximum absolute atomic E-state index is 9.43. The van der Waals surface area contributed by atoms with Crippen LogP contribution in [0.4, 0.5) is 0 Å². The van der Waals surface area contributed by atoms with Crippen molar-refractivity contribution in [3.05, 3.63) is 0 Å². The summed E-state index contributed by atoms with van der Waals surface area (Å²) in [5, 5.41) is 7.22. The van der Waals surface area contributed by atoms with Crippen molar-refractivity contribution < 1.29 is 12.8 Å². The van der Waals surface area contributed by atoms with Crippen LogP contribution < -0.4 is 0 Å². The summed E-state index contributed by atoms with van der Waals surface area (Å²) in [6.07, 6.45) is 0. The van der Waals surface area contributed by atoms with Crippen LogP contribution in [0.2, 0.25) is 0 Å². The molecule has 0 saturated heterocycles. The van der Waals surface area contributed by atoms with Crippen molar-refractivity contribution >= 4 is 40.8 Å². The molecule has 4 heteroatoms. The Labute approximate surface area is 60.5 Å². The number of carbonyl (C=O) groups is 1. The number of rotatable bonds is 1. The zero-order chi connectivity index (χ0) is 4.28. The molecule has 0 amide bonds. The molecule has 0 atom stereocenters. The van der Waals surface area contributed by atoms with Gasteiger partial charge in [-0.3, -0.25) is 4.79 Å². The van der Waals surface area contributed by atoms with Gasteiger partial charge < -0.3 is 7.96 Å². The van der Waals surface area contributed by atoms with E-state index in [2.05, 4.69) is 12.6 Å². The van der Waals surface area contributed by atoms with E-state index in [1.54, 1.807) is 0 Å². The first kappa shape index (κ1) is 9.89. The quantitative estimate of drug-likeness (QED) is 0.352. The molecular formula is C2H6MgO2S. The fraction of sp³-hybridized carbons (Fsp3) is 0.500. The Morgan fingerprint density at radius 3 is 2.17 bits per heavy atom. The predicted molar refractivity (Wildman–Crippen MR) is 29.1 cm³/mol. The number of carbonyl (C=O) groups excluding carboxylic acids is 1. The van der Waals surface area contributed by atoms with Crippen LogP contribution in [0.3, 0.4) is 0 Å². The minimum Gasteiger partial charge on any atom is -1.00 e. The van der Waals surface area contributed by atoms with E-state index in [0.717, 1.165) is 0 Å². The predicted octanol–water partition coefficient (Wildman–Crippen LogP) is -0.721. The van der Waals surface area contributed by atoms with Crippen LogP contribution in [0, 0.1) is 0 Å². The number of hydrogen-bond acceptors (Lipinski definition) is 2. The Balaban J connectivity index is -0.0000000267. The van der Waals surface area contributed by atoms with Crippen molar-refractivity contribution in [1.29, 1.82) is 0 Å². The first-order chi connectivity index (χ1) is 2.27. The van der Waals surface area contributed by atoms with Crippen LogP contribution in [-0.2, 0) is 4.79 Å². The van der Waals surface area contributed by atoms with E-state index >= 15 is 0 Å². The van der Waals surface area contributed by atoms with Crippen molar-refractivity contribution in [2.24, 2.45) is 0 Å². The summed E-state index contributed by atoms with van der Waals surface area (Å²) in [6, 6.07) is 0. The van der Waals surface area contributed by atoms with Crippen LogP contribution >= 0.6 is 12.6 Å². The molecule has 0 aliphatic rings. The van der Waals surface area contributed by atoms with Crippen molar-refractivity contribution in [1.82, 2.24) is 0 Å². The summed E-state index contributed by atoms with van der Waals surface area (Å²) >= 11 is 3.21. The Kier molecular flexibility index (Phi) is 9.47. The molecule has 6 heavy (non-hydrogen) atoms. The van der Waals surface area contributed by atoms with Crippen LogP contribution in [0.5, 0.6) is 0 Å². The summed E-state index contributed by atoms with van der Waals surface area (Å²) in [7, 11) is 0. The third-order valence-corrected chi connectivity index (χ3v) is 0.277. The van der Waals surface area contributed by atoms with Gasteiger partial charge in [-0.25, -0.2) is 0 Å². The molecule has 34 valence electrons. The molecule has 0 bridgehead atoms. The average Bonchev–Trinajstić information content (AvgIpc) is 1.38. The van der Waals surface area contributed by atoms with Gasteiger partial charge in [-0.15, -0.1) is 12.6 Å². The van der Waals surface area contributed by atoms with Gasteiger partial charge in [0.15, 0.2) is 0 Å². The van der Waals surface area contributed by atoms with Gasteiger partial charge in [0, 0.05) is 0 Å². The molecule has 0 aliphatic carbocycles. The van der Waals surface area contributed by atoms with Crippen molar-refractivity contribution in [2.45, 2.75) is 0 Å². The summed E-state index contributed by atoms with van der Waals surface area (Å²) in [6.45, 7) is -0.469. The standard InChI is InChI=1S/C2H4O2S.Mg.2H/c3-1-2(4)5;;;/h3H,1H2,(H,4,5);;;/q;+2;2*-1. The minimum atomic E-state index is -0.495. The van der Waals surface area contributed by atoms with Crippen LogP contribution in [0.15, 0.2) is 0 Å². The van der Waals surface area contributed by atoms with Crippen LogP contribution in [0.1, 0.15) is 2.85 Å². The SMILES string of the molecule is O=C(S)CO.[H-].[H-].[Mg+2].